The lowest BCUT2D eigenvalue weighted by Gasteiger charge is -2.12. The Hall–Kier alpha value is -1.62. The van der Waals surface area contributed by atoms with Crippen molar-refractivity contribution in [2.45, 2.75) is 46.3 Å². The zero-order valence-electron chi connectivity index (χ0n) is 12.2. The number of nitrogens with zero attached hydrogens (tertiary/aromatic N) is 4. The number of aryl methyl sites for hydroxylation is 2. The van der Waals surface area contributed by atoms with Crippen LogP contribution >= 0.6 is 0 Å². The predicted molar refractivity (Wildman–Crippen MR) is 75.7 cm³/mol. The van der Waals surface area contributed by atoms with Crippen molar-refractivity contribution in [2.75, 3.05) is 0 Å². The molecule has 0 unspecified atom stereocenters. The van der Waals surface area contributed by atoms with E-state index in [0.29, 0.717) is 6.04 Å². The number of nitrogens with one attached hydrogen (secondary N) is 1. The Morgan fingerprint density at radius 3 is 2.79 bits per heavy atom. The highest BCUT2D eigenvalue weighted by atomic mass is 15.3. The fraction of sp³-hybridized carbons (Fsp3) is 0.571. The van der Waals surface area contributed by atoms with Gasteiger partial charge in [-0.1, -0.05) is 6.92 Å². The highest BCUT2D eigenvalue weighted by Gasteiger charge is 2.07. The molecular formula is C14H23N5. The maximum atomic E-state index is 4.45. The van der Waals surface area contributed by atoms with Crippen LogP contribution in [0.4, 0.5) is 0 Å². The molecule has 0 fully saturated rings. The Balaban J connectivity index is 1.94. The first-order valence-electron chi connectivity index (χ1n) is 6.84. The standard InChI is InChI=1S/C14H23N5/c1-5-14-12(9-18(4)17-14)6-15-7-13-8-16-10-19(13)11(2)3/h8-11,15H,5-7H2,1-4H3. The molecule has 0 aliphatic heterocycles. The van der Waals surface area contributed by atoms with Crippen molar-refractivity contribution >= 4 is 0 Å². The predicted octanol–water partition coefficient (Wildman–Crippen LogP) is 2.05. The van der Waals surface area contributed by atoms with Gasteiger partial charge in [0.25, 0.3) is 0 Å². The summed E-state index contributed by atoms with van der Waals surface area (Å²) in [5.41, 5.74) is 3.67. The first kappa shape index (κ1) is 13.8. The Labute approximate surface area is 114 Å². The van der Waals surface area contributed by atoms with E-state index in [1.807, 2.05) is 24.3 Å². The maximum absolute atomic E-state index is 4.45. The number of aromatic nitrogens is 4. The van der Waals surface area contributed by atoms with Crippen LogP contribution in [0.1, 0.15) is 43.8 Å². The smallest absolute Gasteiger partial charge is 0.0951 e. The largest absolute Gasteiger partial charge is 0.331 e. The van der Waals surface area contributed by atoms with Crippen LogP contribution in [-0.4, -0.2) is 19.3 Å². The zero-order chi connectivity index (χ0) is 13.8. The van der Waals surface area contributed by atoms with E-state index in [0.717, 1.165) is 19.5 Å². The van der Waals surface area contributed by atoms with Gasteiger partial charge in [-0.15, -0.1) is 0 Å². The normalized spacial score (nSPS) is 11.4. The van der Waals surface area contributed by atoms with Gasteiger partial charge in [0.15, 0.2) is 0 Å². The summed E-state index contributed by atoms with van der Waals surface area (Å²) in [6.45, 7) is 8.15. The monoisotopic (exact) mass is 261 g/mol. The molecule has 0 amide bonds. The van der Waals surface area contributed by atoms with Crippen molar-refractivity contribution in [3.8, 4) is 0 Å². The highest BCUT2D eigenvalue weighted by molar-refractivity contribution is 5.16. The molecule has 0 saturated carbocycles. The molecule has 2 aromatic heterocycles. The minimum atomic E-state index is 0.448. The fourth-order valence-corrected chi connectivity index (χ4v) is 2.29. The summed E-state index contributed by atoms with van der Waals surface area (Å²) in [5, 5.41) is 7.92. The average molecular weight is 261 g/mol. The van der Waals surface area contributed by atoms with Crippen LogP contribution in [0.15, 0.2) is 18.7 Å². The minimum absolute atomic E-state index is 0.448. The number of imidazole rings is 1. The fourth-order valence-electron chi connectivity index (χ4n) is 2.29. The molecule has 0 saturated heterocycles. The van der Waals surface area contributed by atoms with Crippen LogP contribution in [0.2, 0.25) is 0 Å². The van der Waals surface area contributed by atoms with E-state index in [1.165, 1.54) is 17.0 Å². The molecular weight excluding hydrogens is 238 g/mol. The van der Waals surface area contributed by atoms with Crippen molar-refractivity contribution in [1.29, 1.82) is 0 Å². The molecule has 19 heavy (non-hydrogen) atoms. The Morgan fingerprint density at radius 1 is 1.32 bits per heavy atom. The third kappa shape index (κ3) is 3.23. The zero-order valence-corrected chi connectivity index (χ0v) is 12.2. The molecule has 2 heterocycles. The summed E-state index contributed by atoms with van der Waals surface area (Å²) in [5.74, 6) is 0. The second-order valence-corrected chi connectivity index (χ2v) is 5.12. The summed E-state index contributed by atoms with van der Waals surface area (Å²) < 4.78 is 4.07. The Bertz CT molecular complexity index is 524. The first-order chi connectivity index (χ1) is 9.11. The molecule has 0 aliphatic carbocycles. The second kappa shape index (κ2) is 6.02. The summed E-state index contributed by atoms with van der Waals surface area (Å²) in [4.78, 5) is 4.21. The number of hydrogen-bond acceptors (Lipinski definition) is 3. The van der Waals surface area contributed by atoms with Gasteiger partial charge >= 0.3 is 0 Å². The topological polar surface area (TPSA) is 47.7 Å². The van der Waals surface area contributed by atoms with Gasteiger partial charge in [0, 0.05) is 44.1 Å². The van der Waals surface area contributed by atoms with E-state index in [1.54, 1.807) is 0 Å². The van der Waals surface area contributed by atoms with Crippen molar-refractivity contribution < 1.29 is 0 Å². The van der Waals surface area contributed by atoms with Gasteiger partial charge in [0.2, 0.25) is 0 Å². The van der Waals surface area contributed by atoms with Crippen LogP contribution in [0, 0.1) is 0 Å². The lowest BCUT2D eigenvalue weighted by Crippen LogP contribution is -2.16. The van der Waals surface area contributed by atoms with Crippen LogP contribution in [-0.2, 0) is 26.6 Å². The first-order valence-corrected chi connectivity index (χ1v) is 6.84. The molecule has 2 aromatic rings. The molecule has 0 aliphatic rings. The van der Waals surface area contributed by atoms with E-state index in [9.17, 15) is 0 Å². The lowest BCUT2D eigenvalue weighted by atomic mass is 10.2. The molecule has 0 atom stereocenters. The molecule has 1 N–H and O–H groups in total. The highest BCUT2D eigenvalue weighted by Crippen LogP contribution is 2.10. The van der Waals surface area contributed by atoms with Gasteiger partial charge in [-0.2, -0.15) is 5.10 Å². The van der Waals surface area contributed by atoms with Crippen molar-refractivity contribution in [3.63, 3.8) is 0 Å². The lowest BCUT2D eigenvalue weighted by molar-refractivity contribution is 0.550. The van der Waals surface area contributed by atoms with Crippen molar-refractivity contribution in [2.24, 2.45) is 7.05 Å². The summed E-state index contributed by atoms with van der Waals surface area (Å²) in [6, 6.07) is 0.448. The second-order valence-electron chi connectivity index (χ2n) is 5.12. The SMILES string of the molecule is CCc1nn(C)cc1CNCc1cncn1C(C)C. The van der Waals surface area contributed by atoms with Gasteiger partial charge in [-0.25, -0.2) is 4.98 Å². The van der Waals surface area contributed by atoms with Gasteiger partial charge in [-0.3, -0.25) is 4.68 Å². The summed E-state index contributed by atoms with van der Waals surface area (Å²) in [6.07, 6.45) is 6.88. The van der Waals surface area contributed by atoms with Crippen LogP contribution < -0.4 is 5.32 Å². The Kier molecular flexibility index (Phi) is 4.37. The average Bonchev–Trinajstić information content (AvgIpc) is 2.96. The van der Waals surface area contributed by atoms with E-state index in [-0.39, 0.29) is 0 Å². The van der Waals surface area contributed by atoms with Gasteiger partial charge in [-0.05, 0) is 20.3 Å². The van der Waals surface area contributed by atoms with E-state index in [4.69, 9.17) is 0 Å². The molecule has 0 spiro atoms. The van der Waals surface area contributed by atoms with Gasteiger partial charge < -0.3 is 9.88 Å². The van der Waals surface area contributed by atoms with Crippen LogP contribution in [0.5, 0.6) is 0 Å². The van der Waals surface area contributed by atoms with E-state index < -0.39 is 0 Å². The van der Waals surface area contributed by atoms with Crippen LogP contribution in [0.3, 0.4) is 0 Å². The molecule has 5 nitrogen and oxygen atoms in total. The van der Waals surface area contributed by atoms with Gasteiger partial charge in [0.1, 0.15) is 0 Å². The van der Waals surface area contributed by atoms with Crippen molar-refractivity contribution in [3.05, 3.63) is 35.7 Å². The van der Waals surface area contributed by atoms with Gasteiger partial charge in [0.05, 0.1) is 17.7 Å². The van der Waals surface area contributed by atoms with E-state index >= 15 is 0 Å². The molecule has 0 aromatic carbocycles. The third-order valence-electron chi connectivity index (χ3n) is 3.25. The van der Waals surface area contributed by atoms with Crippen LogP contribution in [0.25, 0.3) is 0 Å². The molecule has 5 heteroatoms. The quantitative estimate of drug-likeness (QED) is 0.865. The Morgan fingerprint density at radius 2 is 2.11 bits per heavy atom. The molecule has 0 bridgehead atoms. The number of rotatable bonds is 6. The summed E-state index contributed by atoms with van der Waals surface area (Å²) in [7, 11) is 1.97. The molecule has 0 radical (unpaired) electrons. The maximum Gasteiger partial charge on any atom is 0.0951 e. The van der Waals surface area contributed by atoms with Crippen molar-refractivity contribution in [1.82, 2.24) is 24.6 Å². The minimum Gasteiger partial charge on any atom is -0.331 e. The number of hydrogen-bond donors (Lipinski definition) is 1. The third-order valence-corrected chi connectivity index (χ3v) is 3.25. The summed E-state index contributed by atoms with van der Waals surface area (Å²) >= 11 is 0. The van der Waals surface area contributed by atoms with E-state index in [2.05, 4.69) is 46.9 Å². The molecule has 104 valence electrons. The molecule has 2 rings (SSSR count).